The van der Waals surface area contributed by atoms with E-state index in [0.29, 0.717) is 12.4 Å². The van der Waals surface area contributed by atoms with E-state index < -0.39 is 0 Å². The van der Waals surface area contributed by atoms with E-state index in [2.05, 4.69) is 18.1 Å². The molecule has 3 nitrogen and oxygen atoms in total. The van der Waals surface area contributed by atoms with Crippen LogP contribution < -0.4 is 4.74 Å². The van der Waals surface area contributed by atoms with Crippen LogP contribution in [0.4, 0.5) is 0 Å². The lowest BCUT2D eigenvalue weighted by Crippen LogP contribution is -1.99. The van der Waals surface area contributed by atoms with Gasteiger partial charge in [-0.15, -0.1) is 0 Å². The van der Waals surface area contributed by atoms with Crippen molar-refractivity contribution < 1.29 is 9.94 Å². The van der Waals surface area contributed by atoms with E-state index in [4.69, 9.17) is 9.94 Å². The fourth-order valence-electron chi connectivity index (χ4n) is 1.71. The Balaban J connectivity index is 2.13. The molecule has 0 aliphatic carbocycles. The van der Waals surface area contributed by atoms with Gasteiger partial charge in [0, 0.05) is 5.56 Å². The summed E-state index contributed by atoms with van der Waals surface area (Å²) in [5.41, 5.74) is 3.10. The fourth-order valence-corrected chi connectivity index (χ4v) is 1.71. The van der Waals surface area contributed by atoms with Crippen LogP contribution in [-0.2, 0) is 6.61 Å². The minimum Gasteiger partial charge on any atom is -0.488 e. The Bertz CT molecular complexity index is 550. The largest absolute Gasteiger partial charge is 0.488 e. The Morgan fingerprint density at radius 2 is 1.83 bits per heavy atom. The number of rotatable bonds is 4. The highest BCUT2D eigenvalue weighted by Crippen LogP contribution is 2.18. The zero-order valence-corrected chi connectivity index (χ0v) is 10.2. The molecule has 0 radical (unpaired) electrons. The Morgan fingerprint density at radius 1 is 1.11 bits per heavy atom. The third kappa shape index (κ3) is 2.88. The number of oxime groups is 1. The minimum atomic E-state index is 0.503. The summed E-state index contributed by atoms with van der Waals surface area (Å²) in [4.78, 5) is 0. The molecule has 0 heterocycles. The van der Waals surface area contributed by atoms with Crippen molar-refractivity contribution in [2.24, 2.45) is 5.16 Å². The maximum atomic E-state index is 8.59. The van der Waals surface area contributed by atoms with Crippen molar-refractivity contribution in [2.45, 2.75) is 13.5 Å². The second-order valence-corrected chi connectivity index (χ2v) is 4.00. The highest BCUT2D eigenvalue weighted by atomic mass is 16.5. The van der Waals surface area contributed by atoms with Crippen LogP contribution >= 0.6 is 0 Å². The number of hydrogen-bond donors (Lipinski definition) is 1. The number of ether oxygens (including phenoxy) is 1. The van der Waals surface area contributed by atoms with Crippen LogP contribution in [0.25, 0.3) is 0 Å². The van der Waals surface area contributed by atoms with Crippen LogP contribution in [0, 0.1) is 6.92 Å². The van der Waals surface area contributed by atoms with Crippen LogP contribution in [0.3, 0.4) is 0 Å². The van der Waals surface area contributed by atoms with Gasteiger partial charge in [0.15, 0.2) is 0 Å². The number of aryl methyl sites for hydroxylation is 1. The van der Waals surface area contributed by atoms with Crippen LogP contribution in [0.1, 0.15) is 16.7 Å². The summed E-state index contributed by atoms with van der Waals surface area (Å²) >= 11 is 0. The second-order valence-electron chi connectivity index (χ2n) is 4.00. The third-order valence-electron chi connectivity index (χ3n) is 2.76. The Labute approximate surface area is 106 Å². The zero-order valence-electron chi connectivity index (χ0n) is 10.2. The molecule has 2 rings (SSSR count). The van der Waals surface area contributed by atoms with E-state index in [1.54, 1.807) is 0 Å². The molecule has 2 aromatic rings. The number of hydrogen-bond acceptors (Lipinski definition) is 3. The Morgan fingerprint density at radius 3 is 2.61 bits per heavy atom. The summed E-state index contributed by atoms with van der Waals surface area (Å²) in [6.07, 6.45) is 1.37. The molecule has 3 heteroatoms. The average Bonchev–Trinajstić information content (AvgIpc) is 2.40. The number of para-hydroxylation sites is 1. The molecule has 0 atom stereocenters. The summed E-state index contributed by atoms with van der Waals surface area (Å²) in [7, 11) is 0. The lowest BCUT2D eigenvalue weighted by atomic mass is 10.1. The minimum absolute atomic E-state index is 0.503. The van der Waals surface area contributed by atoms with E-state index in [0.717, 1.165) is 11.1 Å². The summed E-state index contributed by atoms with van der Waals surface area (Å²) in [6, 6.07) is 15.6. The predicted molar refractivity (Wildman–Crippen MR) is 71.3 cm³/mol. The molecule has 0 unspecified atom stereocenters. The van der Waals surface area contributed by atoms with Gasteiger partial charge < -0.3 is 9.94 Å². The van der Waals surface area contributed by atoms with Gasteiger partial charge >= 0.3 is 0 Å². The number of benzene rings is 2. The van der Waals surface area contributed by atoms with Crippen molar-refractivity contribution in [3.05, 3.63) is 65.2 Å². The Kier molecular flexibility index (Phi) is 3.97. The van der Waals surface area contributed by atoms with E-state index in [1.165, 1.54) is 11.8 Å². The molecule has 0 aliphatic rings. The molecule has 18 heavy (non-hydrogen) atoms. The van der Waals surface area contributed by atoms with Crippen LogP contribution in [-0.4, -0.2) is 11.4 Å². The molecular weight excluding hydrogens is 226 g/mol. The van der Waals surface area contributed by atoms with Gasteiger partial charge in [0.25, 0.3) is 0 Å². The summed E-state index contributed by atoms with van der Waals surface area (Å²) in [5.74, 6) is 0.707. The molecule has 0 saturated heterocycles. The van der Waals surface area contributed by atoms with Crippen molar-refractivity contribution in [1.29, 1.82) is 0 Å². The molecule has 2 aromatic carbocycles. The monoisotopic (exact) mass is 241 g/mol. The van der Waals surface area contributed by atoms with Crippen molar-refractivity contribution >= 4 is 6.21 Å². The van der Waals surface area contributed by atoms with Gasteiger partial charge in [-0.3, -0.25) is 0 Å². The van der Waals surface area contributed by atoms with Gasteiger partial charge in [-0.2, -0.15) is 0 Å². The van der Waals surface area contributed by atoms with E-state index in [1.807, 2.05) is 42.5 Å². The lowest BCUT2D eigenvalue weighted by Gasteiger charge is -2.10. The van der Waals surface area contributed by atoms with Gasteiger partial charge in [-0.1, -0.05) is 41.6 Å². The molecule has 0 amide bonds. The normalized spacial score (nSPS) is 10.7. The average molecular weight is 241 g/mol. The van der Waals surface area contributed by atoms with Crippen molar-refractivity contribution in [3.63, 3.8) is 0 Å². The summed E-state index contributed by atoms with van der Waals surface area (Å²) in [5, 5.41) is 11.6. The first-order chi connectivity index (χ1) is 8.81. The maximum absolute atomic E-state index is 8.59. The molecule has 0 bridgehead atoms. The van der Waals surface area contributed by atoms with Gasteiger partial charge in [0.05, 0.1) is 6.21 Å². The lowest BCUT2D eigenvalue weighted by molar-refractivity contribution is 0.303. The molecular formula is C15H15NO2. The molecule has 0 saturated carbocycles. The van der Waals surface area contributed by atoms with E-state index in [9.17, 15) is 0 Å². The highest BCUT2D eigenvalue weighted by molar-refractivity contribution is 5.82. The topological polar surface area (TPSA) is 41.8 Å². The van der Waals surface area contributed by atoms with Crippen molar-refractivity contribution in [3.8, 4) is 5.75 Å². The third-order valence-corrected chi connectivity index (χ3v) is 2.76. The van der Waals surface area contributed by atoms with Crippen LogP contribution in [0.5, 0.6) is 5.75 Å². The SMILES string of the molecule is Cc1ccccc1COc1ccccc1C=NO. The van der Waals surface area contributed by atoms with E-state index in [-0.39, 0.29) is 0 Å². The van der Waals surface area contributed by atoms with Gasteiger partial charge in [0.1, 0.15) is 12.4 Å². The van der Waals surface area contributed by atoms with Gasteiger partial charge in [-0.25, -0.2) is 0 Å². The van der Waals surface area contributed by atoms with Gasteiger partial charge in [-0.05, 0) is 30.2 Å². The van der Waals surface area contributed by atoms with Crippen molar-refractivity contribution in [1.82, 2.24) is 0 Å². The predicted octanol–water partition coefficient (Wildman–Crippen LogP) is 3.38. The molecule has 0 aromatic heterocycles. The first-order valence-corrected chi connectivity index (χ1v) is 5.75. The Hall–Kier alpha value is -2.29. The summed E-state index contributed by atoms with van der Waals surface area (Å²) < 4.78 is 5.75. The standard InChI is InChI=1S/C15H15NO2/c1-12-6-2-3-8-14(12)11-18-15-9-5-4-7-13(15)10-16-17/h2-10,17H,11H2,1H3. The molecule has 0 spiro atoms. The molecule has 0 fully saturated rings. The molecule has 92 valence electrons. The number of nitrogens with zero attached hydrogens (tertiary/aromatic N) is 1. The van der Waals surface area contributed by atoms with E-state index >= 15 is 0 Å². The van der Waals surface area contributed by atoms with Crippen LogP contribution in [0.15, 0.2) is 53.7 Å². The van der Waals surface area contributed by atoms with Crippen molar-refractivity contribution in [2.75, 3.05) is 0 Å². The first-order valence-electron chi connectivity index (χ1n) is 5.75. The van der Waals surface area contributed by atoms with Gasteiger partial charge in [0.2, 0.25) is 0 Å². The van der Waals surface area contributed by atoms with Crippen LogP contribution in [0.2, 0.25) is 0 Å². The maximum Gasteiger partial charge on any atom is 0.128 e. The summed E-state index contributed by atoms with van der Waals surface area (Å²) in [6.45, 7) is 2.56. The smallest absolute Gasteiger partial charge is 0.128 e. The first kappa shape index (κ1) is 12.2. The molecule has 0 aliphatic heterocycles. The fraction of sp³-hybridized carbons (Fsp3) is 0.133. The highest BCUT2D eigenvalue weighted by Gasteiger charge is 2.02. The second kappa shape index (κ2) is 5.87. The quantitative estimate of drug-likeness (QED) is 0.506. The molecule has 1 N–H and O–H groups in total. The zero-order chi connectivity index (χ0) is 12.8.